The van der Waals surface area contributed by atoms with Crippen LogP contribution in [-0.2, 0) is 6.54 Å². The van der Waals surface area contributed by atoms with E-state index in [1.165, 1.54) is 0 Å². The van der Waals surface area contributed by atoms with E-state index in [4.69, 9.17) is 4.42 Å². The first-order chi connectivity index (χ1) is 9.24. The van der Waals surface area contributed by atoms with Crippen LogP contribution >= 0.6 is 0 Å². The van der Waals surface area contributed by atoms with Crippen molar-refractivity contribution in [2.24, 2.45) is 0 Å². The number of amides is 1. The molecule has 98 valence electrons. The van der Waals surface area contributed by atoms with Gasteiger partial charge in [-0.2, -0.15) is 0 Å². The molecule has 1 fully saturated rings. The Kier molecular flexibility index (Phi) is 3.11. The highest BCUT2D eigenvalue weighted by Crippen LogP contribution is 2.30. The first-order valence-electron chi connectivity index (χ1n) is 6.64. The number of carbonyl (C=O) groups is 1. The Balaban J connectivity index is 1.82. The van der Waals surface area contributed by atoms with Crippen LogP contribution in [0.3, 0.4) is 0 Å². The molecule has 1 aliphatic rings. The van der Waals surface area contributed by atoms with E-state index in [0.717, 1.165) is 29.7 Å². The van der Waals surface area contributed by atoms with E-state index in [1.54, 1.807) is 6.26 Å². The van der Waals surface area contributed by atoms with Crippen molar-refractivity contribution in [1.82, 2.24) is 4.90 Å². The van der Waals surface area contributed by atoms with Crippen molar-refractivity contribution >= 4 is 5.91 Å². The lowest BCUT2D eigenvalue weighted by Gasteiger charge is -2.21. The SMILES string of the molecule is Cc1cccc(C(=O)N(Cc2ccco2)C2CC2)c1. The smallest absolute Gasteiger partial charge is 0.254 e. The molecule has 0 spiro atoms. The van der Waals surface area contributed by atoms with Crippen molar-refractivity contribution in [1.29, 1.82) is 0 Å². The van der Waals surface area contributed by atoms with E-state index in [2.05, 4.69) is 0 Å². The van der Waals surface area contributed by atoms with Crippen molar-refractivity contribution in [3.8, 4) is 0 Å². The fraction of sp³-hybridized carbons (Fsp3) is 0.312. The van der Waals surface area contributed by atoms with Gasteiger partial charge in [0.05, 0.1) is 12.8 Å². The molecule has 0 N–H and O–H groups in total. The highest BCUT2D eigenvalue weighted by atomic mass is 16.3. The molecule has 0 atom stereocenters. The fourth-order valence-electron chi connectivity index (χ4n) is 2.27. The standard InChI is InChI=1S/C16H17NO2/c1-12-4-2-5-13(10-12)16(18)17(14-7-8-14)11-15-6-3-9-19-15/h2-6,9-10,14H,7-8,11H2,1H3. The number of rotatable bonds is 4. The average Bonchev–Trinajstić information content (AvgIpc) is 3.12. The first kappa shape index (κ1) is 12.0. The van der Waals surface area contributed by atoms with Gasteiger partial charge in [0.2, 0.25) is 0 Å². The maximum atomic E-state index is 12.6. The van der Waals surface area contributed by atoms with Gasteiger partial charge in [-0.25, -0.2) is 0 Å². The van der Waals surface area contributed by atoms with Gasteiger partial charge in [-0.1, -0.05) is 17.7 Å². The fourth-order valence-corrected chi connectivity index (χ4v) is 2.27. The molecule has 0 radical (unpaired) electrons. The molecule has 1 aromatic carbocycles. The molecular weight excluding hydrogens is 238 g/mol. The quantitative estimate of drug-likeness (QED) is 0.839. The zero-order chi connectivity index (χ0) is 13.2. The topological polar surface area (TPSA) is 33.5 Å². The Morgan fingerprint density at radius 2 is 2.16 bits per heavy atom. The third-order valence-corrected chi connectivity index (χ3v) is 3.42. The molecule has 0 saturated heterocycles. The summed E-state index contributed by atoms with van der Waals surface area (Å²) < 4.78 is 5.36. The molecule has 19 heavy (non-hydrogen) atoms. The second-order valence-corrected chi connectivity index (χ2v) is 5.11. The highest BCUT2D eigenvalue weighted by Gasteiger charge is 2.33. The highest BCUT2D eigenvalue weighted by molar-refractivity contribution is 5.94. The Morgan fingerprint density at radius 1 is 1.32 bits per heavy atom. The number of benzene rings is 1. The minimum Gasteiger partial charge on any atom is -0.467 e. The summed E-state index contributed by atoms with van der Waals surface area (Å²) in [6.07, 6.45) is 3.84. The molecule has 1 saturated carbocycles. The van der Waals surface area contributed by atoms with E-state index >= 15 is 0 Å². The second kappa shape index (κ2) is 4.92. The molecule has 1 aromatic heterocycles. The Labute approximate surface area is 112 Å². The van der Waals surface area contributed by atoms with Crippen molar-refractivity contribution in [2.45, 2.75) is 32.4 Å². The van der Waals surface area contributed by atoms with E-state index in [-0.39, 0.29) is 5.91 Å². The lowest BCUT2D eigenvalue weighted by molar-refractivity contribution is 0.0717. The van der Waals surface area contributed by atoms with E-state index < -0.39 is 0 Å². The predicted molar refractivity (Wildman–Crippen MR) is 72.8 cm³/mol. The summed E-state index contributed by atoms with van der Waals surface area (Å²) in [6.45, 7) is 2.56. The van der Waals surface area contributed by atoms with Crippen LogP contribution < -0.4 is 0 Å². The van der Waals surface area contributed by atoms with Crippen molar-refractivity contribution in [3.63, 3.8) is 0 Å². The molecule has 0 unspecified atom stereocenters. The zero-order valence-corrected chi connectivity index (χ0v) is 11.0. The lowest BCUT2D eigenvalue weighted by atomic mass is 10.1. The monoisotopic (exact) mass is 255 g/mol. The van der Waals surface area contributed by atoms with Crippen LogP contribution in [0.2, 0.25) is 0 Å². The van der Waals surface area contributed by atoms with Crippen molar-refractivity contribution < 1.29 is 9.21 Å². The summed E-state index contributed by atoms with van der Waals surface area (Å²) in [5, 5.41) is 0. The van der Waals surface area contributed by atoms with Gasteiger partial charge in [-0.3, -0.25) is 4.79 Å². The van der Waals surface area contributed by atoms with Crippen LogP contribution in [0, 0.1) is 6.92 Å². The van der Waals surface area contributed by atoms with E-state index in [0.29, 0.717) is 12.6 Å². The Bertz CT molecular complexity index is 570. The van der Waals surface area contributed by atoms with Gasteiger partial charge in [0, 0.05) is 11.6 Å². The second-order valence-electron chi connectivity index (χ2n) is 5.11. The third kappa shape index (κ3) is 2.70. The summed E-state index contributed by atoms with van der Waals surface area (Å²) in [7, 11) is 0. The zero-order valence-electron chi connectivity index (χ0n) is 11.0. The lowest BCUT2D eigenvalue weighted by Crippen LogP contribution is -2.32. The van der Waals surface area contributed by atoms with Crippen LogP contribution in [0.5, 0.6) is 0 Å². The minimum absolute atomic E-state index is 0.0996. The molecule has 0 bridgehead atoms. The number of hydrogen-bond acceptors (Lipinski definition) is 2. The van der Waals surface area contributed by atoms with Crippen LogP contribution in [-0.4, -0.2) is 16.8 Å². The number of carbonyl (C=O) groups excluding carboxylic acids is 1. The molecule has 1 amide bonds. The van der Waals surface area contributed by atoms with Crippen LogP contribution in [0.15, 0.2) is 47.1 Å². The van der Waals surface area contributed by atoms with Gasteiger partial charge in [-0.15, -0.1) is 0 Å². The summed E-state index contributed by atoms with van der Waals surface area (Å²) in [6, 6.07) is 11.9. The molecule has 3 rings (SSSR count). The number of nitrogens with zero attached hydrogens (tertiary/aromatic N) is 1. The van der Waals surface area contributed by atoms with Crippen molar-refractivity contribution in [3.05, 3.63) is 59.5 Å². The van der Waals surface area contributed by atoms with Gasteiger partial charge in [0.1, 0.15) is 5.76 Å². The van der Waals surface area contributed by atoms with Crippen LogP contribution in [0.1, 0.15) is 34.5 Å². The molecule has 1 aliphatic carbocycles. The molecule has 0 aliphatic heterocycles. The third-order valence-electron chi connectivity index (χ3n) is 3.42. The maximum Gasteiger partial charge on any atom is 0.254 e. The first-order valence-corrected chi connectivity index (χ1v) is 6.64. The molecule has 3 nitrogen and oxygen atoms in total. The molecule has 2 aromatic rings. The van der Waals surface area contributed by atoms with Gasteiger partial charge in [-0.05, 0) is 44.0 Å². The molecular formula is C16H17NO2. The minimum atomic E-state index is 0.0996. The predicted octanol–water partition coefficient (Wildman–Crippen LogP) is 3.39. The van der Waals surface area contributed by atoms with Gasteiger partial charge in [0.25, 0.3) is 5.91 Å². The van der Waals surface area contributed by atoms with Gasteiger partial charge < -0.3 is 9.32 Å². The van der Waals surface area contributed by atoms with Crippen molar-refractivity contribution in [2.75, 3.05) is 0 Å². The molecule has 1 heterocycles. The van der Waals surface area contributed by atoms with Gasteiger partial charge >= 0.3 is 0 Å². The van der Waals surface area contributed by atoms with Crippen LogP contribution in [0.25, 0.3) is 0 Å². The average molecular weight is 255 g/mol. The van der Waals surface area contributed by atoms with Crippen LogP contribution in [0.4, 0.5) is 0 Å². The summed E-state index contributed by atoms with van der Waals surface area (Å²) in [4.78, 5) is 14.5. The summed E-state index contributed by atoms with van der Waals surface area (Å²) in [5.74, 6) is 0.940. The number of hydrogen-bond donors (Lipinski definition) is 0. The number of aryl methyl sites for hydroxylation is 1. The summed E-state index contributed by atoms with van der Waals surface area (Å²) in [5.41, 5.74) is 1.87. The normalized spacial score (nSPS) is 14.4. The van der Waals surface area contributed by atoms with E-state index in [1.807, 2.05) is 48.2 Å². The number of furan rings is 1. The Morgan fingerprint density at radius 3 is 2.79 bits per heavy atom. The molecule has 3 heteroatoms. The maximum absolute atomic E-state index is 12.6. The summed E-state index contributed by atoms with van der Waals surface area (Å²) >= 11 is 0. The largest absolute Gasteiger partial charge is 0.467 e. The van der Waals surface area contributed by atoms with E-state index in [9.17, 15) is 4.79 Å². The Hall–Kier alpha value is -2.03. The van der Waals surface area contributed by atoms with Gasteiger partial charge in [0.15, 0.2) is 0 Å².